The fourth-order valence-corrected chi connectivity index (χ4v) is 3.09. The predicted octanol–water partition coefficient (Wildman–Crippen LogP) is 0.106. The average molecular weight is 320 g/mol. The zero-order valence-electron chi connectivity index (χ0n) is 13.0. The van der Waals surface area contributed by atoms with E-state index in [2.05, 4.69) is 16.9 Å². The van der Waals surface area contributed by atoms with E-state index in [1.807, 2.05) is 9.80 Å². The number of carbonyl (C=O) groups excluding carboxylic acids is 1. The molecule has 0 aromatic carbocycles. The maximum absolute atomic E-state index is 12.7. The third-order valence-corrected chi connectivity index (χ3v) is 4.43. The van der Waals surface area contributed by atoms with Crippen molar-refractivity contribution in [3.8, 4) is 0 Å². The molecule has 0 saturated carbocycles. The molecule has 1 aromatic heterocycles. The molecular weight excluding hydrogens is 300 g/mol. The fourth-order valence-electron chi connectivity index (χ4n) is 3.09. The first-order valence-electron chi connectivity index (χ1n) is 7.73. The number of carbonyl (C=O) groups is 2. The van der Waals surface area contributed by atoms with Crippen molar-refractivity contribution in [2.75, 3.05) is 44.3 Å². The smallest absolute Gasteiger partial charge is 0.356 e. The number of anilines is 1. The molecule has 2 aliphatic heterocycles. The molecule has 0 bridgehead atoms. The van der Waals surface area contributed by atoms with Crippen LogP contribution in [0.15, 0.2) is 12.4 Å². The van der Waals surface area contributed by atoms with Gasteiger partial charge in [0.2, 0.25) is 5.91 Å². The van der Waals surface area contributed by atoms with E-state index >= 15 is 0 Å². The van der Waals surface area contributed by atoms with Gasteiger partial charge in [-0.05, 0) is 5.92 Å². The summed E-state index contributed by atoms with van der Waals surface area (Å²) in [6.45, 7) is 5.84. The second-order valence-electron chi connectivity index (χ2n) is 5.99. The van der Waals surface area contributed by atoms with Crippen LogP contribution in [-0.2, 0) is 9.53 Å². The van der Waals surface area contributed by atoms with Crippen molar-refractivity contribution >= 4 is 17.7 Å². The van der Waals surface area contributed by atoms with Gasteiger partial charge in [-0.15, -0.1) is 0 Å². The third kappa shape index (κ3) is 3.26. The topological polar surface area (TPSA) is 95.9 Å². The maximum Gasteiger partial charge on any atom is 0.356 e. The number of carboxylic acids is 1. The molecule has 1 amide bonds. The molecule has 2 atom stereocenters. The fraction of sp³-hybridized carbons (Fsp3) is 0.600. The van der Waals surface area contributed by atoms with Gasteiger partial charge < -0.3 is 19.6 Å². The number of hydrogen-bond acceptors (Lipinski definition) is 6. The summed E-state index contributed by atoms with van der Waals surface area (Å²) < 4.78 is 5.29. The number of amides is 1. The predicted molar refractivity (Wildman–Crippen MR) is 81.3 cm³/mol. The van der Waals surface area contributed by atoms with Crippen molar-refractivity contribution in [1.82, 2.24) is 14.9 Å². The minimum Gasteiger partial charge on any atom is -0.476 e. The Hall–Kier alpha value is -2.22. The van der Waals surface area contributed by atoms with Gasteiger partial charge in [-0.2, -0.15) is 0 Å². The molecule has 2 saturated heterocycles. The van der Waals surface area contributed by atoms with Gasteiger partial charge in [-0.25, -0.2) is 14.8 Å². The number of ether oxygens (including phenoxy) is 1. The molecule has 8 nitrogen and oxygen atoms in total. The highest BCUT2D eigenvalue weighted by atomic mass is 16.5. The van der Waals surface area contributed by atoms with Crippen molar-refractivity contribution in [1.29, 1.82) is 0 Å². The molecule has 2 aliphatic rings. The van der Waals surface area contributed by atoms with Crippen LogP contribution >= 0.6 is 0 Å². The van der Waals surface area contributed by atoms with Crippen molar-refractivity contribution in [3.05, 3.63) is 18.1 Å². The van der Waals surface area contributed by atoms with E-state index in [0.29, 0.717) is 45.2 Å². The molecule has 0 radical (unpaired) electrons. The Morgan fingerprint density at radius 1 is 1.22 bits per heavy atom. The number of hydrogen-bond donors (Lipinski definition) is 1. The van der Waals surface area contributed by atoms with Gasteiger partial charge in [-0.1, -0.05) is 6.92 Å². The molecule has 2 fully saturated rings. The van der Waals surface area contributed by atoms with Gasteiger partial charge in [0.1, 0.15) is 5.82 Å². The van der Waals surface area contributed by atoms with E-state index in [1.54, 1.807) is 0 Å². The normalized spacial score (nSPS) is 24.7. The van der Waals surface area contributed by atoms with Crippen LogP contribution in [0.5, 0.6) is 0 Å². The first-order chi connectivity index (χ1) is 11.1. The lowest BCUT2D eigenvalue weighted by Crippen LogP contribution is -2.45. The molecule has 0 unspecified atom stereocenters. The second-order valence-corrected chi connectivity index (χ2v) is 5.99. The van der Waals surface area contributed by atoms with Gasteiger partial charge in [-0.3, -0.25) is 4.79 Å². The molecule has 124 valence electrons. The van der Waals surface area contributed by atoms with Crippen LogP contribution in [-0.4, -0.2) is 71.2 Å². The highest BCUT2D eigenvalue weighted by Gasteiger charge is 2.38. The number of aromatic carboxylic acids is 1. The zero-order chi connectivity index (χ0) is 16.4. The summed E-state index contributed by atoms with van der Waals surface area (Å²) in [6, 6.07) is 0. The van der Waals surface area contributed by atoms with Gasteiger partial charge in [0, 0.05) is 26.2 Å². The molecule has 3 heterocycles. The van der Waals surface area contributed by atoms with E-state index in [9.17, 15) is 9.59 Å². The van der Waals surface area contributed by atoms with Gasteiger partial charge in [0.15, 0.2) is 5.69 Å². The first kappa shape index (κ1) is 15.7. The number of aromatic nitrogens is 2. The lowest BCUT2D eigenvalue weighted by molar-refractivity contribution is -0.140. The number of morpholine rings is 1. The summed E-state index contributed by atoms with van der Waals surface area (Å²) in [4.78, 5) is 35.4. The van der Waals surface area contributed by atoms with E-state index in [0.717, 1.165) is 0 Å². The molecule has 23 heavy (non-hydrogen) atoms. The molecular formula is C15H20N4O4. The van der Waals surface area contributed by atoms with Gasteiger partial charge in [0.25, 0.3) is 0 Å². The van der Waals surface area contributed by atoms with Crippen molar-refractivity contribution in [2.45, 2.75) is 6.92 Å². The lowest BCUT2D eigenvalue weighted by Gasteiger charge is -2.30. The molecule has 1 N–H and O–H groups in total. The van der Waals surface area contributed by atoms with Crippen molar-refractivity contribution in [2.24, 2.45) is 11.8 Å². The van der Waals surface area contributed by atoms with Crippen LogP contribution in [0.3, 0.4) is 0 Å². The third-order valence-electron chi connectivity index (χ3n) is 4.43. The van der Waals surface area contributed by atoms with Crippen LogP contribution in [0, 0.1) is 11.8 Å². The summed E-state index contributed by atoms with van der Waals surface area (Å²) in [5.41, 5.74) is -0.0815. The minimum absolute atomic E-state index is 0.0750. The Morgan fingerprint density at radius 3 is 2.57 bits per heavy atom. The maximum atomic E-state index is 12.7. The van der Waals surface area contributed by atoms with E-state index < -0.39 is 5.97 Å². The molecule has 8 heteroatoms. The van der Waals surface area contributed by atoms with Crippen LogP contribution in [0.1, 0.15) is 17.4 Å². The van der Waals surface area contributed by atoms with Crippen LogP contribution in [0.2, 0.25) is 0 Å². The average Bonchev–Trinajstić information content (AvgIpc) is 2.97. The Labute approximate surface area is 134 Å². The molecule has 3 rings (SSSR count). The van der Waals surface area contributed by atoms with Crippen LogP contribution in [0.25, 0.3) is 0 Å². The van der Waals surface area contributed by atoms with Crippen molar-refractivity contribution in [3.63, 3.8) is 0 Å². The number of carboxylic acid groups (broad SMARTS) is 1. The second kappa shape index (κ2) is 6.49. The van der Waals surface area contributed by atoms with E-state index in [-0.39, 0.29) is 23.4 Å². The van der Waals surface area contributed by atoms with Gasteiger partial charge >= 0.3 is 5.97 Å². The summed E-state index contributed by atoms with van der Waals surface area (Å²) in [5.74, 6) is -0.183. The monoisotopic (exact) mass is 320 g/mol. The van der Waals surface area contributed by atoms with Crippen molar-refractivity contribution < 1.29 is 19.4 Å². The minimum atomic E-state index is -1.10. The van der Waals surface area contributed by atoms with E-state index in [4.69, 9.17) is 9.84 Å². The molecule has 1 aromatic rings. The Balaban J connectivity index is 1.67. The summed E-state index contributed by atoms with van der Waals surface area (Å²) in [7, 11) is 0. The Bertz CT molecular complexity index is 586. The largest absolute Gasteiger partial charge is 0.476 e. The summed E-state index contributed by atoms with van der Waals surface area (Å²) >= 11 is 0. The highest BCUT2D eigenvalue weighted by molar-refractivity contribution is 5.85. The first-order valence-corrected chi connectivity index (χ1v) is 7.73. The zero-order valence-corrected chi connectivity index (χ0v) is 13.0. The lowest BCUT2D eigenvalue weighted by atomic mass is 9.96. The van der Waals surface area contributed by atoms with Crippen LogP contribution in [0.4, 0.5) is 5.82 Å². The Morgan fingerprint density at radius 2 is 1.96 bits per heavy atom. The molecule has 0 aliphatic carbocycles. The highest BCUT2D eigenvalue weighted by Crippen LogP contribution is 2.28. The SMILES string of the molecule is C[C@@H]1CN(c2cnc(C(=O)O)cn2)C[C@H]1C(=O)N1CCOCC1. The summed E-state index contributed by atoms with van der Waals surface area (Å²) in [5, 5.41) is 8.87. The van der Waals surface area contributed by atoms with E-state index in [1.165, 1.54) is 12.4 Å². The standard InChI is InChI=1S/C15H20N4O4/c1-10-8-19(13-7-16-12(6-17-13)15(21)22)9-11(10)14(20)18-2-4-23-5-3-18/h6-7,10-11H,2-5,8-9H2,1H3,(H,21,22)/t10-,11-/m1/s1. The Kier molecular flexibility index (Phi) is 4.42. The number of nitrogens with zero attached hydrogens (tertiary/aromatic N) is 4. The summed E-state index contributed by atoms with van der Waals surface area (Å²) in [6.07, 6.45) is 2.71. The number of rotatable bonds is 3. The molecule has 0 spiro atoms. The van der Waals surface area contributed by atoms with Crippen LogP contribution < -0.4 is 4.90 Å². The van der Waals surface area contributed by atoms with Gasteiger partial charge in [0.05, 0.1) is 31.5 Å². The quantitative estimate of drug-likeness (QED) is 0.844.